The lowest BCUT2D eigenvalue weighted by Gasteiger charge is -2.37. The first kappa shape index (κ1) is 18.7. The van der Waals surface area contributed by atoms with Gasteiger partial charge in [0, 0.05) is 18.0 Å². The van der Waals surface area contributed by atoms with Crippen LogP contribution in [0.5, 0.6) is 0 Å². The Labute approximate surface area is 164 Å². The Balaban J connectivity index is 1.41. The minimum absolute atomic E-state index is 0.00974. The number of hydrogen-bond donors (Lipinski definition) is 0. The summed E-state index contributed by atoms with van der Waals surface area (Å²) in [7, 11) is 0. The molecule has 146 valence electrons. The van der Waals surface area contributed by atoms with Crippen molar-refractivity contribution in [3.05, 3.63) is 71.0 Å². The van der Waals surface area contributed by atoms with Crippen molar-refractivity contribution in [2.45, 2.75) is 51.3 Å². The average molecular weight is 381 g/mol. The zero-order valence-corrected chi connectivity index (χ0v) is 15.9. The number of carbonyl (C=O) groups excluding carboxylic acids is 2. The van der Waals surface area contributed by atoms with Crippen molar-refractivity contribution in [3.8, 4) is 0 Å². The third-order valence-electron chi connectivity index (χ3n) is 5.91. The number of ether oxygens (including phenoxy) is 1. The van der Waals surface area contributed by atoms with E-state index in [4.69, 9.17) is 4.74 Å². The van der Waals surface area contributed by atoms with Crippen LogP contribution in [0, 0.1) is 18.7 Å². The molecule has 5 heteroatoms. The molecule has 0 N–H and O–H groups in total. The largest absolute Gasteiger partial charge is 0.445 e. The Hall–Kier alpha value is -2.69. The van der Waals surface area contributed by atoms with Crippen LogP contribution in [0.25, 0.3) is 0 Å². The highest BCUT2D eigenvalue weighted by atomic mass is 19.1. The number of halogens is 1. The smallest absolute Gasteiger partial charge is 0.410 e. The molecule has 4 nitrogen and oxygen atoms in total. The number of Topliss-reactive ketones (excluding diaryl/α,β-unsaturated/α-hetero) is 1. The number of ketones is 1. The molecule has 0 aromatic heterocycles. The first-order chi connectivity index (χ1) is 13.5. The van der Waals surface area contributed by atoms with Crippen LogP contribution in [0.1, 0.15) is 47.2 Å². The molecule has 4 rings (SSSR count). The molecule has 0 radical (unpaired) electrons. The van der Waals surface area contributed by atoms with Crippen molar-refractivity contribution in [1.82, 2.24) is 4.90 Å². The molecule has 28 heavy (non-hydrogen) atoms. The zero-order chi connectivity index (χ0) is 19.7. The van der Waals surface area contributed by atoms with E-state index >= 15 is 0 Å². The van der Waals surface area contributed by atoms with Gasteiger partial charge < -0.3 is 9.64 Å². The van der Waals surface area contributed by atoms with E-state index in [0.717, 1.165) is 24.0 Å². The molecule has 2 bridgehead atoms. The number of nitrogens with zero attached hydrogens (tertiary/aromatic N) is 1. The molecule has 2 aromatic carbocycles. The summed E-state index contributed by atoms with van der Waals surface area (Å²) >= 11 is 0. The summed E-state index contributed by atoms with van der Waals surface area (Å²) in [5, 5.41) is 0. The van der Waals surface area contributed by atoms with Crippen molar-refractivity contribution < 1.29 is 18.7 Å². The number of amides is 1. The van der Waals surface area contributed by atoms with Gasteiger partial charge in [0.2, 0.25) is 0 Å². The lowest BCUT2D eigenvalue weighted by atomic mass is 9.84. The van der Waals surface area contributed by atoms with E-state index in [9.17, 15) is 14.0 Å². The molecule has 2 atom stereocenters. The summed E-state index contributed by atoms with van der Waals surface area (Å²) in [5.41, 5.74) is 1.91. The highest BCUT2D eigenvalue weighted by Gasteiger charge is 2.46. The topological polar surface area (TPSA) is 46.6 Å². The predicted molar refractivity (Wildman–Crippen MR) is 103 cm³/mol. The first-order valence-corrected chi connectivity index (χ1v) is 9.82. The minimum atomic E-state index is -0.456. The van der Waals surface area contributed by atoms with Crippen molar-refractivity contribution in [2.75, 3.05) is 0 Å². The van der Waals surface area contributed by atoms with Crippen LogP contribution in [-0.2, 0) is 11.3 Å². The molecule has 0 saturated carbocycles. The molecule has 2 aliphatic heterocycles. The zero-order valence-electron chi connectivity index (χ0n) is 15.9. The van der Waals surface area contributed by atoms with E-state index in [1.54, 1.807) is 24.0 Å². The molecule has 2 aromatic rings. The molecule has 2 saturated heterocycles. The lowest BCUT2D eigenvalue weighted by Crippen LogP contribution is -2.48. The van der Waals surface area contributed by atoms with Crippen molar-refractivity contribution >= 4 is 11.9 Å². The molecular formula is C23H24FNO3. The number of piperidine rings is 1. The fraction of sp³-hybridized carbons (Fsp3) is 0.391. The van der Waals surface area contributed by atoms with Crippen LogP contribution in [0.3, 0.4) is 0 Å². The van der Waals surface area contributed by atoms with Gasteiger partial charge in [-0.2, -0.15) is 0 Å². The van der Waals surface area contributed by atoms with Gasteiger partial charge in [0.15, 0.2) is 5.78 Å². The molecule has 2 heterocycles. The number of carbonyl (C=O) groups is 2. The van der Waals surface area contributed by atoms with E-state index in [1.807, 2.05) is 30.3 Å². The average Bonchev–Trinajstić information content (AvgIpc) is 2.96. The summed E-state index contributed by atoms with van der Waals surface area (Å²) in [6.07, 6.45) is 2.56. The number of hydrogen-bond acceptors (Lipinski definition) is 3. The van der Waals surface area contributed by atoms with Crippen molar-refractivity contribution in [2.24, 2.45) is 5.92 Å². The molecule has 1 amide bonds. The summed E-state index contributed by atoms with van der Waals surface area (Å²) < 4.78 is 19.7. The second kappa shape index (κ2) is 7.74. The fourth-order valence-electron chi connectivity index (χ4n) is 4.52. The van der Waals surface area contributed by atoms with Gasteiger partial charge in [0.05, 0.1) is 5.56 Å². The molecule has 0 aliphatic carbocycles. The monoisotopic (exact) mass is 381 g/mol. The molecule has 2 aliphatic rings. The van der Waals surface area contributed by atoms with E-state index in [1.165, 1.54) is 6.07 Å². The first-order valence-electron chi connectivity index (χ1n) is 9.82. The Morgan fingerprint density at radius 3 is 2.39 bits per heavy atom. The highest BCUT2D eigenvalue weighted by Crippen LogP contribution is 2.40. The van der Waals surface area contributed by atoms with Gasteiger partial charge in [-0.25, -0.2) is 9.18 Å². The van der Waals surface area contributed by atoms with Crippen LogP contribution in [0.4, 0.5) is 9.18 Å². The van der Waals surface area contributed by atoms with Crippen molar-refractivity contribution in [3.63, 3.8) is 0 Å². The van der Waals surface area contributed by atoms with Gasteiger partial charge in [0.25, 0.3) is 0 Å². The maximum absolute atomic E-state index is 14.2. The maximum Gasteiger partial charge on any atom is 0.410 e. The number of benzene rings is 2. The molecule has 2 unspecified atom stereocenters. The van der Waals surface area contributed by atoms with Crippen molar-refractivity contribution in [1.29, 1.82) is 0 Å². The summed E-state index contributed by atoms with van der Waals surface area (Å²) in [6.45, 7) is 2.05. The molecule has 0 spiro atoms. The Morgan fingerprint density at radius 1 is 1.07 bits per heavy atom. The van der Waals surface area contributed by atoms with E-state index in [-0.39, 0.29) is 42.0 Å². The van der Waals surface area contributed by atoms with Crippen LogP contribution >= 0.6 is 0 Å². The van der Waals surface area contributed by atoms with Crippen LogP contribution in [-0.4, -0.2) is 28.9 Å². The minimum Gasteiger partial charge on any atom is -0.445 e. The second-order valence-electron chi connectivity index (χ2n) is 7.85. The molecule has 2 fully saturated rings. The Morgan fingerprint density at radius 2 is 1.75 bits per heavy atom. The second-order valence-corrected chi connectivity index (χ2v) is 7.85. The third kappa shape index (κ3) is 3.66. The number of rotatable bonds is 4. The van der Waals surface area contributed by atoms with Gasteiger partial charge in [-0.15, -0.1) is 0 Å². The van der Waals surface area contributed by atoms with Crippen LogP contribution in [0.15, 0.2) is 48.5 Å². The molecular weight excluding hydrogens is 357 g/mol. The third-order valence-corrected chi connectivity index (χ3v) is 5.91. The fourth-order valence-corrected chi connectivity index (χ4v) is 4.52. The van der Waals surface area contributed by atoms with Gasteiger partial charge in [0.1, 0.15) is 12.4 Å². The summed E-state index contributed by atoms with van der Waals surface area (Å²) in [6, 6.07) is 14.3. The van der Waals surface area contributed by atoms with Crippen LogP contribution in [0.2, 0.25) is 0 Å². The quantitative estimate of drug-likeness (QED) is 0.708. The van der Waals surface area contributed by atoms with E-state index in [2.05, 4.69) is 0 Å². The SMILES string of the molecule is Cc1ccc(C(=O)C2CC3CCC(C2)N3C(=O)OCc2ccccc2)c(F)c1. The van der Waals surface area contributed by atoms with Crippen LogP contribution < -0.4 is 0 Å². The van der Waals surface area contributed by atoms with Gasteiger partial charge in [-0.1, -0.05) is 36.4 Å². The van der Waals surface area contributed by atoms with Gasteiger partial charge in [-0.05, 0) is 55.9 Å². The normalized spacial score (nSPS) is 23.5. The number of aryl methyl sites for hydroxylation is 1. The summed E-state index contributed by atoms with van der Waals surface area (Å²) in [5.74, 6) is -0.846. The number of fused-ring (bicyclic) bond motifs is 2. The maximum atomic E-state index is 14.2. The predicted octanol–water partition coefficient (Wildman–Crippen LogP) is 4.90. The lowest BCUT2D eigenvalue weighted by molar-refractivity contribution is 0.0483. The standard InChI is InChI=1S/C23H24FNO3/c1-15-7-10-20(21(24)11-15)22(26)17-12-18-8-9-19(13-17)25(18)23(27)28-14-16-5-3-2-4-6-16/h2-7,10-11,17-19H,8-9,12-14H2,1H3. The van der Waals surface area contributed by atoms with E-state index in [0.29, 0.717) is 12.8 Å². The Kier molecular flexibility index (Phi) is 5.16. The van der Waals surface area contributed by atoms with Gasteiger partial charge in [-0.3, -0.25) is 4.79 Å². The highest BCUT2D eigenvalue weighted by molar-refractivity contribution is 5.98. The van der Waals surface area contributed by atoms with E-state index < -0.39 is 5.82 Å². The van der Waals surface area contributed by atoms with Gasteiger partial charge >= 0.3 is 6.09 Å². The Bertz CT molecular complexity index is 869. The summed E-state index contributed by atoms with van der Waals surface area (Å²) in [4.78, 5) is 27.3.